The standard InChI is InChI=1S/C7H9N3.C2H6/c1-5-3-7-8-6(2)9-10(7)4-5;1-2/h3-4H,1-2H3,(H,8,9);1-2H3. The fraction of sp³-hybridized carbons (Fsp3) is 0.444. The number of nitrogens with zero attached hydrogens (tertiary/aromatic N) is 2. The summed E-state index contributed by atoms with van der Waals surface area (Å²) in [4.78, 5) is 4.24. The first-order chi connectivity index (χ1) is 5.75. The molecule has 0 saturated carbocycles. The van der Waals surface area contributed by atoms with Crippen LogP contribution in [0.5, 0.6) is 0 Å². The van der Waals surface area contributed by atoms with Gasteiger partial charge in [0.05, 0.1) is 0 Å². The predicted molar refractivity (Wildman–Crippen MR) is 50.4 cm³/mol. The van der Waals surface area contributed by atoms with Gasteiger partial charge in [-0.1, -0.05) is 13.8 Å². The van der Waals surface area contributed by atoms with E-state index in [4.69, 9.17) is 0 Å². The van der Waals surface area contributed by atoms with Crippen LogP contribution in [0, 0.1) is 13.8 Å². The number of rotatable bonds is 0. The Hall–Kier alpha value is -1.25. The minimum Gasteiger partial charge on any atom is -0.280 e. The van der Waals surface area contributed by atoms with Gasteiger partial charge in [0.1, 0.15) is 5.82 Å². The molecule has 0 radical (unpaired) electrons. The van der Waals surface area contributed by atoms with Crippen LogP contribution in [-0.2, 0) is 0 Å². The smallest absolute Gasteiger partial charge is 0.153 e. The molecule has 2 heterocycles. The molecule has 66 valence electrons. The summed E-state index contributed by atoms with van der Waals surface area (Å²) in [5, 5.41) is 3.08. The van der Waals surface area contributed by atoms with Gasteiger partial charge in [0.15, 0.2) is 5.65 Å². The van der Waals surface area contributed by atoms with Crippen molar-refractivity contribution in [2.45, 2.75) is 27.7 Å². The van der Waals surface area contributed by atoms with E-state index >= 15 is 0 Å². The Morgan fingerprint density at radius 2 is 2.00 bits per heavy atom. The quantitative estimate of drug-likeness (QED) is 0.638. The normalized spacial score (nSPS) is 9.67. The average molecular weight is 165 g/mol. The molecular weight excluding hydrogens is 150 g/mol. The highest BCUT2D eigenvalue weighted by molar-refractivity contribution is 5.41. The van der Waals surface area contributed by atoms with E-state index in [-0.39, 0.29) is 0 Å². The van der Waals surface area contributed by atoms with Crippen molar-refractivity contribution in [1.82, 2.24) is 14.6 Å². The topological polar surface area (TPSA) is 33.1 Å². The molecule has 0 saturated heterocycles. The second-order valence-electron chi connectivity index (χ2n) is 2.55. The molecule has 0 spiro atoms. The zero-order valence-corrected chi connectivity index (χ0v) is 8.05. The lowest BCUT2D eigenvalue weighted by Crippen LogP contribution is -1.79. The van der Waals surface area contributed by atoms with Gasteiger partial charge in [-0.3, -0.25) is 5.10 Å². The Bertz CT molecular complexity index is 294. The third-order valence-electron chi connectivity index (χ3n) is 1.50. The monoisotopic (exact) mass is 165 g/mol. The fourth-order valence-corrected chi connectivity index (χ4v) is 1.13. The van der Waals surface area contributed by atoms with Gasteiger partial charge in [-0.2, -0.15) is 0 Å². The van der Waals surface area contributed by atoms with Gasteiger partial charge in [-0.15, -0.1) is 0 Å². The van der Waals surface area contributed by atoms with Gasteiger partial charge in [0.2, 0.25) is 0 Å². The van der Waals surface area contributed by atoms with E-state index in [1.165, 1.54) is 5.56 Å². The zero-order chi connectivity index (χ0) is 9.14. The highest BCUT2D eigenvalue weighted by atomic mass is 15.3. The number of hydrogen-bond donors (Lipinski definition) is 1. The summed E-state index contributed by atoms with van der Waals surface area (Å²) in [7, 11) is 0. The van der Waals surface area contributed by atoms with Crippen molar-refractivity contribution in [1.29, 1.82) is 0 Å². The molecule has 0 fully saturated rings. The Balaban J connectivity index is 0.000000336. The van der Waals surface area contributed by atoms with Crippen molar-refractivity contribution in [2.24, 2.45) is 0 Å². The molecule has 0 amide bonds. The molecular formula is C9H15N3. The number of aryl methyl sites for hydroxylation is 2. The molecule has 1 N–H and O–H groups in total. The van der Waals surface area contributed by atoms with E-state index in [1.807, 2.05) is 37.5 Å². The van der Waals surface area contributed by atoms with Crippen molar-refractivity contribution >= 4 is 5.65 Å². The molecule has 0 aliphatic carbocycles. The minimum absolute atomic E-state index is 0.954. The summed E-state index contributed by atoms with van der Waals surface area (Å²) >= 11 is 0. The van der Waals surface area contributed by atoms with Crippen molar-refractivity contribution in [3.8, 4) is 0 Å². The van der Waals surface area contributed by atoms with E-state index in [1.54, 1.807) is 0 Å². The molecule has 12 heavy (non-hydrogen) atoms. The van der Waals surface area contributed by atoms with Crippen LogP contribution in [-0.4, -0.2) is 14.6 Å². The number of H-pyrrole nitrogens is 1. The van der Waals surface area contributed by atoms with Crippen molar-refractivity contribution < 1.29 is 0 Å². The lowest BCUT2D eigenvalue weighted by Gasteiger charge is -1.79. The largest absolute Gasteiger partial charge is 0.280 e. The first-order valence-electron chi connectivity index (χ1n) is 4.27. The number of aromatic nitrogens is 3. The van der Waals surface area contributed by atoms with Crippen molar-refractivity contribution in [3.63, 3.8) is 0 Å². The molecule has 0 aromatic carbocycles. The van der Waals surface area contributed by atoms with Gasteiger partial charge in [-0.25, -0.2) is 9.50 Å². The number of nitrogens with one attached hydrogen (secondary N) is 1. The Morgan fingerprint density at radius 3 is 2.58 bits per heavy atom. The SMILES string of the molecule is CC.Cc1cc2nc(C)[nH]n2c1. The lowest BCUT2D eigenvalue weighted by molar-refractivity contribution is 0.937. The number of hydrogen-bond acceptors (Lipinski definition) is 1. The van der Waals surface area contributed by atoms with Gasteiger partial charge in [0, 0.05) is 6.20 Å². The number of fused-ring (bicyclic) bond motifs is 1. The molecule has 2 aromatic heterocycles. The maximum atomic E-state index is 4.24. The fourth-order valence-electron chi connectivity index (χ4n) is 1.13. The molecule has 2 rings (SSSR count). The summed E-state index contributed by atoms with van der Waals surface area (Å²) in [5.41, 5.74) is 2.23. The molecule has 0 atom stereocenters. The summed E-state index contributed by atoms with van der Waals surface area (Å²) in [6, 6.07) is 2.05. The van der Waals surface area contributed by atoms with Crippen LogP contribution in [0.15, 0.2) is 12.3 Å². The highest BCUT2D eigenvalue weighted by Gasteiger charge is 1.97. The van der Waals surface area contributed by atoms with Crippen LogP contribution in [0.3, 0.4) is 0 Å². The van der Waals surface area contributed by atoms with E-state index in [0.717, 1.165) is 11.5 Å². The van der Waals surface area contributed by atoms with Crippen LogP contribution in [0.25, 0.3) is 5.65 Å². The molecule has 0 bridgehead atoms. The predicted octanol–water partition coefficient (Wildman–Crippen LogP) is 2.31. The van der Waals surface area contributed by atoms with Crippen LogP contribution in [0.2, 0.25) is 0 Å². The first kappa shape index (κ1) is 8.84. The van der Waals surface area contributed by atoms with Crippen molar-refractivity contribution in [2.75, 3.05) is 0 Å². The third kappa shape index (κ3) is 1.49. The summed E-state index contributed by atoms with van der Waals surface area (Å²) in [6.45, 7) is 8.00. The van der Waals surface area contributed by atoms with Crippen LogP contribution >= 0.6 is 0 Å². The Kier molecular flexibility index (Phi) is 2.53. The second-order valence-corrected chi connectivity index (χ2v) is 2.55. The Morgan fingerprint density at radius 1 is 1.33 bits per heavy atom. The van der Waals surface area contributed by atoms with E-state index in [2.05, 4.69) is 17.0 Å². The molecule has 0 aliphatic heterocycles. The van der Waals surface area contributed by atoms with Gasteiger partial charge >= 0.3 is 0 Å². The molecule has 2 aromatic rings. The Labute approximate surface area is 72.4 Å². The molecule has 3 heteroatoms. The number of aromatic amines is 1. The minimum atomic E-state index is 0.954. The molecule has 0 aliphatic rings. The average Bonchev–Trinajstić information content (AvgIpc) is 2.48. The van der Waals surface area contributed by atoms with Gasteiger partial charge in [-0.05, 0) is 25.5 Å². The summed E-state index contributed by atoms with van der Waals surface area (Å²) in [5.74, 6) is 0.954. The molecule has 0 unspecified atom stereocenters. The van der Waals surface area contributed by atoms with Gasteiger partial charge < -0.3 is 0 Å². The second kappa shape index (κ2) is 3.43. The highest BCUT2D eigenvalue weighted by Crippen LogP contribution is 2.05. The van der Waals surface area contributed by atoms with Crippen LogP contribution in [0.1, 0.15) is 25.2 Å². The third-order valence-corrected chi connectivity index (χ3v) is 1.50. The molecule has 3 nitrogen and oxygen atoms in total. The summed E-state index contributed by atoms with van der Waals surface area (Å²) in [6.07, 6.45) is 2.02. The zero-order valence-electron chi connectivity index (χ0n) is 8.05. The van der Waals surface area contributed by atoms with Crippen LogP contribution < -0.4 is 0 Å². The first-order valence-corrected chi connectivity index (χ1v) is 4.27. The van der Waals surface area contributed by atoms with E-state index < -0.39 is 0 Å². The van der Waals surface area contributed by atoms with Gasteiger partial charge in [0.25, 0.3) is 0 Å². The van der Waals surface area contributed by atoms with Crippen LogP contribution in [0.4, 0.5) is 0 Å². The van der Waals surface area contributed by atoms with Crippen molar-refractivity contribution in [3.05, 3.63) is 23.7 Å². The maximum absolute atomic E-state index is 4.24. The lowest BCUT2D eigenvalue weighted by atomic mass is 10.4. The maximum Gasteiger partial charge on any atom is 0.153 e. The van der Waals surface area contributed by atoms with E-state index in [0.29, 0.717) is 0 Å². The summed E-state index contributed by atoms with van der Waals surface area (Å²) < 4.78 is 1.92. The van der Waals surface area contributed by atoms with E-state index in [9.17, 15) is 0 Å².